The number of anilines is 2. The largest absolute Gasteiger partial charge is 0.495 e. The molecule has 112 valence electrons. The van der Waals surface area contributed by atoms with Crippen molar-refractivity contribution in [2.75, 3.05) is 17.6 Å². The first-order valence-electron chi connectivity index (χ1n) is 5.75. The van der Waals surface area contributed by atoms with E-state index in [0.29, 0.717) is 15.8 Å². The van der Waals surface area contributed by atoms with Gasteiger partial charge in [-0.3, -0.25) is 4.72 Å². The van der Waals surface area contributed by atoms with Gasteiger partial charge < -0.3 is 10.5 Å². The van der Waals surface area contributed by atoms with Crippen LogP contribution in [0.5, 0.6) is 5.75 Å². The predicted molar refractivity (Wildman–Crippen MR) is 90.1 cm³/mol. The van der Waals surface area contributed by atoms with Gasteiger partial charge in [0.15, 0.2) is 0 Å². The zero-order valence-corrected chi connectivity index (χ0v) is 14.9. The van der Waals surface area contributed by atoms with Crippen LogP contribution >= 0.6 is 31.9 Å². The minimum Gasteiger partial charge on any atom is -0.495 e. The lowest BCUT2D eigenvalue weighted by Gasteiger charge is -2.13. The van der Waals surface area contributed by atoms with Crippen LogP contribution in [0.3, 0.4) is 0 Å². The molecule has 0 saturated carbocycles. The normalized spacial score (nSPS) is 11.2. The van der Waals surface area contributed by atoms with Crippen LogP contribution in [0.2, 0.25) is 0 Å². The van der Waals surface area contributed by atoms with Gasteiger partial charge in [-0.1, -0.05) is 15.9 Å². The Morgan fingerprint density at radius 3 is 2.33 bits per heavy atom. The number of ether oxygens (including phenoxy) is 1. The average molecular weight is 436 g/mol. The molecule has 2 rings (SSSR count). The summed E-state index contributed by atoms with van der Waals surface area (Å²) in [6.45, 7) is 0. The third-order valence-electron chi connectivity index (χ3n) is 2.67. The van der Waals surface area contributed by atoms with E-state index in [9.17, 15) is 8.42 Å². The number of rotatable bonds is 4. The summed E-state index contributed by atoms with van der Waals surface area (Å²) in [5.41, 5.74) is 6.51. The maximum absolute atomic E-state index is 12.5. The third-order valence-corrected chi connectivity index (χ3v) is 5.29. The minimum absolute atomic E-state index is 0.0198. The number of benzene rings is 2. The Labute approximate surface area is 139 Å². The van der Waals surface area contributed by atoms with E-state index in [4.69, 9.17) is 10.5 Å². The van der Waals surface area contributed by atoms with Crippen molar-refractivity contribution < 1.29 is 13.2 Å². The van der Waals surface area contributed by atoms with Crippen molar-refractivity contribution >= 4 is 53.3 Å². The number of hydrogen-bond acceptors (Lipinski definition) is 4. The monoisotopic (exact) mass is 434 g/mol. The van der Waals surface area contributed by atoms with Gasteiger partial charge in [0.05, 0.1) is 7.11 Å². The lowest BCUT2D eigenvalue weighted by molar-refractivity contribution is 0.402. The molecule has 0 aliphatic carbocycles. The number of sulfonamides is 1. The molecule has 0 unspecified atom stereocenters. The van der Waals surface area contributed by atoms with E-state index < -0.39 is 10.0 Å². The Morgan fingerprint density at radius 2 is 1.76 bits per heavy atom. The summed E-state index contributed by atoms with van der Waals surface area (Å²) in [4.78, 5) is -0.0198. The highest BCUT2D eigenvalue weighted by molar-refractivity contribution is 9.10. The summed E-state index contributed by atoms with van der Waals surface area (Å²) in [5.74, 6) is 0.209. The van der Waals surface area contributed by atoms with Crippen molar-refractivity contribution in [3.8, 4) is 5.75 Å². The molecular formula is C13H12Br2N2O3S. The number of methoxy groups -OCH3 is 1. The molecule has 0 aliphatic rings. The van der Waals surface area contributed by atoms with E-state index in [2.05, 4.69) is 36.6 Å². The molecule has 0 amide bonds. The number of nitrogens with one attached hydrogen (secondary N) is 1. The fraction of sp³-hybridized carbons (Fsp3) is 0.0769. The third kappa shape index (κ3) is 3.69. The Bertz CT molecular complexity index is 762. The van der Waals surface area contributed by atoms with E-state index in [-0.39, 0.29) is 10.6 Å². The first kappa shape index (κ1) is 16.1. The number of halogens is 2. The molecule has 0 heterocycles. The van der Waals surface area contributed by atoms with Crippen molar-refractivity contribution in [3.05, 3.63) is 45.3 Å². The topological polar surface area (TPSA) is 81.4 Å². The number of hydrogen-bond donors (Lipinski definition) is 2. The van der Waals surface area contributed by atoms with Crippen molar-refractivity contribution in [1.29, 1.82) is 0 Å². The van der Waals surface area contributed by atoms with Crippen LogP contribution in [0.4, 0.5) is 11.4 Å². The van der Waals surface area contributed by atoms with Gasteiger partial charge in [-0.25, -0.2) is 8.42 Å². The molecule has 2 aromatic carbocycles. The van der Waals surface area contributed by atoms with Crippen LogP contribution in [0, 0.1) is 0 Å². The molecule has 0 bridgehead atoms. The van der Waals surface area contributed by atoms with Crippen LogP contribution in [0.25, 0.3) is 0 Å². The molecule has 0 spiro atoms. The van der Waals surface area contributed by atoms with Crippen LogP contribution in [-0.4, -0.2) is 15.5 Å². The van der Waals surface area contributed by atoms with Gasteiger partial charge in [0.25, 0.3) is 10.0 Å². The molecule has 0 aromatic heterocycles. The summed E-state index contributed by atoms with van der Waals surface area (Å²) in [5, 5.41) is 0. The Morgan fingerprint density at radius 1 is 1.14 bits per heavy atom. The van der Waals surface area contributed by atoms with Gasteiger partial charge in [0, 0.05) is 20.3 Å². The van der Waals surface area contributed by atoms with E-state index in [1.54, 1.807) is 24.3 Å². The van der Waals surface area contributed by atoms with Crippen LogP contribution in [-0.2, 0) is 10.0 Å². The molecule has 0 atom stereocenters. The van der Waals surface area contributed by atoms with Gasteiger partial charge in [0.1, 0.15) is 10.6 Å². The summed E-state index contributed by atoms with van der Waals surface area (Å²) < 4.78 is 33.9. The van der Waals surface area contributed by atoms with Crippen LogP contribution in [0.1, 0.15) is 0 Å². The molecule has 8 heteroatoms. The highest BCUT2D eigenvalue weighted by Gasteiger charge is 2.21. The van der Waals surface area contributed by atoms with Crippen molar-refractivity contribution in [1.82, 2.24) is 0 Å². The quantitative estimate of drug-likeness (QED) is 0.718. The van der Waals surface area contributed by atoms with Crippen LogP contribution in [0.15, 0.2) is 50.2 Å². The second kappa shape index (κ2) is 6.25. The number of nitrogens with two attached hydrogens (primary N) is 1. The fourth-order valence-corrected chi connectivity index (χ4v) is 3.48. The molecule has 3 N–H and O–H groups in total. The SMILES string of the molecule is COc1cc(Br)c(N)cc1S(=O)(=O)Nc1ccc(Br)cc1. The smallest absolute Gasteiger partial charge is 0.265 e. The molecule has 0 saturated heterocycles. The summed E-state index contributed by atoms with van der Waals surface area (Å²) in [6.07, 6.45) is 0. The zero-order valence-electron chi connectivity index (χ0n) is 10.9. The second-order valence-corrected chi connectivity index (χ2v) is 7.56. The fourth-order valence-electron chi connectivity index (χ4n) is 1.65. The van der Waals surface area contributed by atoms with Gasteiger partial charge in [-0.15, -0.1) is 0 Å². The first-order valence-corrected chi connectivity index (χ1v) is 8.82. The molecule has 0 fully saturated rings. The summed E-state index contributed by atoms with van der Waals surface area (Å²) >= 11 is 6.53. The van der Waals surface area contributed by atoms with Gasteiger partial charge in [-0.2, -0.15) is 0 Å². The summed E-state index contributed by atoms with van der Waals surface area (Å²) in [6, 6.07) is 9.65. The number of nitrogen functional groups attached to an aromatic ring is 1. The van der Waals surface area contributed by atoms with E-state index in [1.807, 2.05) is 0 Å². The zero-order chi connectivity index (χ0) is 15.6. The minimum atomic E-state index is -3.80. The van der Waals surface area contributed by atoms with Crippen LogP contribution < -0.4 is 15.2 Å². The maximum atomic E-state index is 12.5. The maximum Gasteiger partial charge on any atom is 0.265 e. The molecular weight excluding hydrogens is 424 g/mol. The molecule has 0 aliphatic heterocycles. The molecule has 21 heavy (non-hydrogen) atoms. The van der Waals surface area contributed by atoms with Crippen molar-refractivity contribution in [2.24, 2.45) is 0 Å². The highest BCUT2D eigenvalue weighted by atomic mass is 79.9. The van der Waals surface area contributed by atoms with Gasteiger partial charge in [0.2, 0.25) is 0 Å². The van der Waals surface area contributed by atoms with E-state index in [0.717, 1.165) is 4.47 Å². The second-order valence-electron chi connectivity index (χ2n) is 4.14. The molecule has 5 nitrogen and oxygen atoms in total. The lowest BCUT2D eigenvalue weighted by atomic mass is 10.3. The highest BCUT2D eigenvalue weighted by Crippen LogP contribution is 2.33. The average Bonchev–Trinajstić information content (AvgIpc) is 2.43. The Balaban J connectivity index is 2.44. The predicted octanol–water partition coefficient (Wildman–Crippen LogP) is 3.60. The Kier molecular flexibility index (Phi) is 4.80. The van der Waals surface area contributed by atoms with E-state index in [1.165, 1.54) is 19.2 Å². The summed E-state index contributed by atoms with van der Waals surface area (Å²) in [7, 11) is -2.40. The van der Waals surface area contributed by atoms with Crippen molar-refractivity contribution in [3.63, 3.8) is 0 Å². The Hall–Kier alpha value is -1.25. The first-order chi connectivity index (χ1) is 9.83. The standard InChI is InChI=1S/C13H12Br2N2O3S/c1-20-12-6-10(15)11(16)7-13(12)21(18,19)17-9-4-2-8(14)3-5-9/h2-7,17H,16H2,1H3. The molecule has 0 radical (unpaired) electrons. The lowest BCUT2D eigenvalue weighted by Crippen LogP contribution is -2.14. The van der Waals surface area contributed by atoms with Gasteiger partial charge >= 0.3 is 0 Å². The van der Waals surface area contributed by atoms with Gasteiger partial charge in [-0.05, 0) is 52.3 Å². The molecule has 2 aromatic rings. The van der Waals surface area contributed by atoms with Crippen molar-refractivity contribution in [2.45, 2.75) is 4.90 Å². The van der Waals surface area contributed by atoms with E-state index >= 15 is 0 Å².